The van der Waals surface area contributed by atoms with Crippen LogP contribution in [0.5, 0.6) is 0 Å². The first-order valence-corrected chi connectivity index (χ1v) is 7.06. The summed E-state index contributed by atoms with van der Waals surface area (Å²) in [6.45, 7) is 8.03. The molecule has 1 heterocycles. The Morgan fingerprint density at radius 3 is 3.10 bits per heavy atom. The van der Waals surface area contributed by atoms with E-state index in [4.69, 9.17) is 4.74 Å². The summed E-state index contributed by atoms with van der Waals surface area (Å²) in [6, 6.07) is 8.39. The summed E-state index contributed by atoms with van der Waals surface area (Å²) in [5.41, 5.74) is 2.14. The Hall–Kier alpha value is -2.05. The average molecular weight is 287 g/mol. The number of tetrazole rings is 1. The van der Waals surface area contributed by atoms with E-state index in [2.05, 4.69) is 46.5 Å². The number of rotatable bonds is 9. The number of nitrogens with zero attached hydrogens (tertiary/aromatic N) is 4. The number of nitrogens with one attached hydrogen (secondary N) is 1. The highest BCUT2D eigenvalue weighted by Crippen LogP contribution is 2.15. The summed E-state index contributed by atoms with van der Waals surface area (Å²) in [7, 11) is 0. The quantitative estimate of drug-likeness (QED) is 0.564. The van der Waals surface area contributed by atoms with E-state index in [1.54, 1.807) is 11.0 Å². The summed E-state index contributed by atoms with van der Waals surface area (Å²) >= 11 is 0. The number of hydrogen-bond donors (Lipinski definition) is 1. The molecule has 21 heavy (non-hydrogen) atoms. The third-order valence-corrected chi connectivity index (χ3v) is 3.15. The predicted octanol–water partition coefficient (Wildman–Crippen LogP) is 1.91. The van der Waals surface area contributed by atoms with Crippen LogP contribution < -0.4 is 5.32 Å². The molecule has 0 aliphatic rings. The fraction of sp³-hybridized carbons (Fsp3) is 0.400. The number of hydrogen-bond acceptors (Lipinski definition) is 5. The molecule has 6 heteroatoms. The smallest absolute Gasteiger partial charge is 0.143 e. The first kappa shape index (κ1) is 15.3. The van der Waals surface area contributed by atoms with Crippen LogP contribution in [0, 0.1) is 0 Å². The largest absolute Gasteiger partial charge is 0.380 e. The van der Waals surface area contributed by atoms with E-state index in [0.717, 1.165) is 25.3 Å². The maximum absolute atomic E-state index is 5.48. The van der Waals surface area contributed by atoms with E-state index in [0.29, 0.717) is 6.61 Å². The van der Waals surface area contributed by atoms with Crippen molar-refractivity contribution >= 4 is 0 Å². The first-order chi connectivity index (χ1) is 10.3. The van der Waals surface area contributed by atoms with Gasteiger partial charge in [-0.2, -0.15) is 0 Å². The molecule has 1 aromatic heterocycles. The second-order valence-corrected chi connectivity index (χ2v) is 4.71. The van der Waals surface area contributed by atoms with Gasteiger partial charge in [-0.25, -0.2) is 4.68 Å². The molecular weight excluding hydrogens is 266 g/mol. The first-order valence-electron chi connectivity index (χ1n) is 7.06. The monoisotopic (exact) mass is 287 g/mol. The number of ether oxygens (including phenoxy) is 1. The van der Waals surface area contributed by atoms with Gasteiger partial charge in [-0.1, -0.05) is 18.2 Å². The maximum atomic E-state index is 5.48. The molecule has 0 fully saturated rings. The summed E-state index contributed by atoms with van der Waals surface area (Å²) in [4.78, 5) is 0. The standard InChI is InChI=1S/C15H21N5O/c1-3-4-9-21-10-8-16-13(2)14-6-5-7-15(11-14)20-12-17-18-19-20/h3,5-7,11-13,16H,1,4,8-10H2,2H3. The van der Waals surface area contributed by atoms with Gasteiger partial charge in [-0.3, -0.25) is 0 Å². The molecule has 2 rings (SSSR count). The van der Waals surface area contributed by atoms with Gasteiger partial charge < -0.3 is 10.1 Å². The molecule has 1 unspecified atom stereocenters. The predicted molar refractivity (Wildman–Crippen MR) is 81.2 cm³/mol. The maximum Gasteiger partial charge on any atom is 0.143 e. The molecular formula is C15H21N5O. The molecule has 1 N–H and O–H groups in total. The molecule has 0 bridgehead atoms. The Balaban J connectivity index is 1.83. The summed E-state index contributed by atoms with van der Waals surface area (Å²) < 4.78 is 7.13. The van der Waals surface area contributed by atoms with Crippen LogP contribution in [-0.2, 0) is 4.74 Å². The molecule has 112 valence electrons. The summed E-state index contributed by atoms with van der Waals surface area (Å²) in [5, 5.41) is 14.6. The lowest BCUT2D eigenvalue weighted by atomic mass is 10.1. The van der Waals surface area contributed by atoms with Crippen LogP contribution in [0.15, 0.2) is 43.2 Å². The molecule has 0 saturated heterocycles. The van der Waals surface area contributed by atoms with Crippen molar-refractivity contribution in [1.29, 1.82) is 0 Å². The van der Waals surface area contributed by atoms with Crippen LogP contribution in [0.2, 0.25) is 0 Å². The van der Waals surface area contributed by atoms with Crippen LogP contribution in [0.1, 0.15) is 24.9 Å². The molecule has 0 aliphatic heterocycles. The number of aromatic nitrogens is 4. The van der Waals surface area contributed by atoms with Crippen LogP contribution >= 0.6 is 0 Å². The van der Waals surface area contributed by atoms with Crippen molar-refractivity contribution in [1.82, 2.24) is 25.5 Å². The SMILES string of the molecule is C=CCCOCCNC(C)c1cccc(-n2cnnn2)c1. The molecule has 0 saturated carbocycles. The van der Waals surface area contributed by atoms with Gasteiger partial charge in [-0.15, -0.1) is 11.7 Å². The van der Waals surface area contributed by atoms with E-state index >= 15 is 0 Å². The van der Waals surface area contributed by atoms with E-state index in [1.807, 2.05) is 18.2 Å². The Morgan fingerprint density at radius 2 is 2.33 bits per heavy atom. The minimum absolute atomic E-state index is 0.240. The van der Waals surface area contributed by atoms with Gasteiger partial charge in [0.1, 0.15) is 6.33 Å². The van der Waals surface area contributed by atoms with Crippen LogP contribution in [0.3, 0.4) is 0 Å². The van der Waals surface area contributed by atoms with Gasteiger partial charge in [0, 0.05) is 12.6 Å². The van der Waals surface area contributed by atoms with Crippen molar-refractivity contribution in [3.63, 3.8) is 0 Å². The molecule has 2 aromatic rings. The second-order valence-electron chi connectivity index (χ2n) is 4.71. The zero-order valence-electron chi connectivity index (χ0n) is 12.3. The zero-order chi connectivity index (χ0) is 14.9. The Kier molecular flexibility index (Phi) is 6.05. The van der Waals surface area contributed by atoms with Crippen molar-refractivity contribution in [2.75, 3.05) is 19.8 Å². The highest BCUT2D eigenvalue weighted by atomic mass is 16.5. The molecule has 0 radical (unpaired) electrons. The third kappa shape index (κ3) is 4.77. The van der Waals surface area contributed by atoms with Gasteiger partial charge in [-0.05, 0) is 41.5 Å². The Labute approximate surface area is 124 Å². The van der Waals surface area contributed by atoms with Gasteiger partial charge in [0.2, 0.25) is 0 Å². The molecule has 6 nitrogen and oxygen atoms in total. The van der Waals surface area contributed by atoms with E-state index in [1.165, 1.54) is 5.56 Å². The van der Waals surface area contributed by atoms with Crippen molar-refractivity contribution < 1.29 is 4.74 Å². The highest BCUT2D eigenvalue weighted by Gasteiger charge is 2.06. The van der Waals surface area contributed by atoms with Crippen LogP contribution in [0.4, 0.5) is 0 Å². The zero-order valence-corrected chi connectivity index (χ0v) is 12.3. The highest BCUT2D eigenvalue weighted by molar-refractivity contribution is 5.35. The fourth-order valence-corrected chi connectivity index (χ4v) is 1.95. The van der Waals surface area contributed by atoms with E-state index in [9.17, 15) is 0 Å². The molecule has 1 atom stereocenters. The molecule has 1 aromatic carbocycles. The lowest BCUT2D eigenvalue weighted by Crippen LogP contribution is -2.23. The van der Waals surface area contributed by atoms with Gasteiger partial charge in [0.15, 0.2) is 0 Å². The topological polar surface area (TPSA) is 64.9 Å². The normalized spacial score (nSPS) is 12.2. The van der Waals surface area contributed by atoms with Gasteiger partial charge in [0.05, 0.1) is 18.9 Å². The van der Waals surface area contributed by atoms with Crippen LogP contribution in [0.25, 0.3) is 5.69 Å². The van der Waals surface area contributed by atoms with Crippen LogP contribution in [-0.4, -0.2) is 40.0 Å². The molecule has 0 amide bonds. The average Bonchev–Trinajstić information content (AvgIpc) is 3.05. The summed E-state index contributed by atoms with van der Waals surface area (Å²) in [6.07, 6.45) is 4.34. The minimum atomic E-state index is 0.240. The van der Waals surface area contributed by atoms with E-state index < -0.39 is 0 Å². The van der Waals surface area contributed by atoms with Gasteiger partial charge in [0.25, 0.3) is 0 Å². The number of benzene rings is 1. The van der Waals surface area contributed by atoms with E-state index in [-0.39, 0.29) is 6.04 Å². The van der Waals surface area contributed by atoms with Crippen molar-refractivity contribution in [2.45, 2.75) is 19.4 Å². The minimum Gasteiger partial charge on any atom is -0.380 e. The van der Waals surface area contributed by atoms with Crippen molar-refractivity contribution in [3.8, 4) is 5.69 Å². The molecule has 0 aliphatic carbocycles. The Bertz CT molecular complexity index is 541. The van der Waals surface area contributed by atoms with Crippen molar-refractivity contribution in [2.24, 2.45) is 0 Å². The lowest BCUT2D eigenvalue weighted by Gasteiger charge is -2.15. The lowest BCUT2D eigenvalue weighted by molar-refractivity contribution is 0.138. The summed E-state index contributed by atoms with van der Waals surface area (Å²) in [5.74, 6) is 0. The van der Waals surface area contributed by atoms with Gasteiger partial charge >= 0.3 is 0 Å². The second kappa shape index (κ2) is 8.28. The van der Waals surface area contributed by atoms with Crippen molar-refractivity contribution in [3.05, 3.63) is 48.8 Å². The fourth-order valence-electron chi connectivity index (χ4n) is 1.95. The molecule has 0 spiro atoms. The third-order valence-electron chi connectivity index (χ3n) is 3.15. The Morgan fingerprint density at radius 1 is 1.43 bits per heavy atom.